The van der Waals surface area contributed by atoms with E-state index in [-0.39, 0.29) is 17.2 Å². The highest BCUT2D eigenvalue weighted by atomic mass is 16.2. The Morgan fingerprint density at radius 2 is 2.09 bits per heavy atom. The van der Waals surface area contributed by atoms with E-state index in [1.165, 1.54) is 30.4 Å². The zero-order valence-electron chi connectivity index (χ0n) is 13.2. The summed E-state index contributed by atoms with van der Waals surface area (Å²) < 4.78 is 0. The Bertz CT molecular complexity index is 585. The normalized spacial score (nSPS) is 36.1. The van der Waals surface area contributed by atoms with Gasteiger partial charge in [-0.25, -0.2) is 0 Å². The number of carbonyl (C=O) groups excluding carboxylic acids is 1. The first-order valence-corrected chi connectivity index (χ1v) is 8.83. The molecule has 4 rings (SSSR count). The van der Waals surface area contributed by atoms with Gasteiger partial charge in [0.2, 0.25) is 5.91 Å². The van der Waals surface area contributed by atoms with E-state index in [4.69, 9.17) is 5.73 Å². The molecule has 22 heavy (non-hydrogen) atoms. The van der Waals surface area contributed by atoms with Gasteiger partial charge < -0.3 is 11.1 Å². The van der Waals surface area contributed by atoms with E-state index >= 15 is 0 Å². The lowest BCUT2D eigenvalue weighted by Gasteiger charge is -2.31. The highest BCUT2D eigenvalue weighted by molar-refractivity contribution is 5.85. The van der Waals surface area contributed by atoms with Crippen LogP contribution in [0.4, 0.5) is 0 Å². The van der Waals surface area contributed by atoms with Crippen molar-refractivity contribution >= 4 is 5.91 Å². The second-order valence-electron chi connectivity index (χ2n) is 7.47. The van der Waals surface area contributed by atoms with E-state index in [1.807, 2.05) is 0 Å². The Morgan fingerprint density at radius 3 is 2.95 bits per heavy atom. The van der Waals surface area contributed by atoms with Crippen LogP contribution in [0.25, 0.3) is 0 Å². The van der Waals surface area contributed by atoms with Gasteiger partial charge in [0.25, 0.3) is 0 Å². The molecule has 0 aliphatic heterocycles. The quantitative estimate of drug-likeness (QED) is 0.901. The predicted molar refractivity (Wildman–Crippen MR) is 87.5 cm³/mol. The van der Waals surface area contributed by atoms with Crippen LogP contribution in [0.15, 0.2) is 24.3 Å². The van der Waals surface area contributed by atoms with Crippen LogP contribution in [0.2, 0.25) is 0 Å². The minimum atomic E-state index is 0.160. The molecule has 4 unspecified atom stereocenters. The summed E-state index contributed by atoms with van der Waals surface area (Å²) in [5.74, 6) is 0.946. The molecule has 4 atom stereocenters. The monoisotopic (exact) mass is 298 g/mol. The summed E-state index contributed by atoms with van der Waals surface area (Å²) in [4.78, 5) is 12.8. The molecular weight excluding hydrogens is 272 g/mol. The predicted octanol–water partition coefficient (Wildman–Crippen LogP) is 2.52. The number of nitrogens with one attached hydrogen (secondary N) is 1. The second kappa shape index (κ2) is 5.38. The first-order valence-electron chi connectivity index (χ1n) is 8.83. The lowest BCUT2D eigenvalue weighted by atomic mass is 9.84. The molecule has 3 heteroatoms. The number of nitrogens with two attached hydrogens (primary N) is 1. The van der Waals surface area contributed by atoms with Crippen LogP contribution in [-0.4, -0.2) is 18.5 Å². The minimum Gasteiger partial charge on any atom is -0.353 e. The number of carbonyl (C=O) groups is 1. The van der Waals surface area contributed by atoms with Crippen molar-refractivity contribution < 1.29 is 4.79 Å². The summed E-state index contributed by atoms with van der Waals surface area (Å²) in [5, 5.41) is 3.34. The van der Waals surface area contributed by atoms with Crippen molar-refractivity contribution in [3.63, 3.8) is 0 Å². The van der Waals surface area contributed by atoms with Crippen LogP contribution >= 0.6 is 0 Å². The lowest BCUT2D eigenvalue weighted by Crippen LogP contribution is -2.45. The molecular formula is C19H26N2O. The molecule has 2 fully saturated rings. The first-order chi connectivity index (χ1) is 10.7. The number of aryl methyl sites for hydroxylation is 1. The molecule has 0 aromatic heterocycles. The maximum absolute atomic E-state index is 12.8. The van der Waals surface area contributed by atoms with Crippen LogP contribution in [0.1, 0.15) is 49.7 Å². The molecule has 1 aromatic carbocycles. The van der Waals surface area contributed by atoms with Gasteiger partial charge in [0.15, 0.2) is 0 Å². The SMILES string of the molecule is NCC1CCCCC1NC(=O)C1CC12CCc1ccccc12. The van der Waals surface area contributed by atoms with Crippen LogP contribution in [0.5, 0.6) is 0 Å². The van der Waals surface area contributed by atoms with Crippen LogP contribution in [0, 0.1) is 11.8 Å². The molecule has 3 N–H and O–H groups in total. The van der Waals surface area contributed by atoms with Gasteiger partial charge in [0.05, 0.1) is 0 Å². The molecule has 1 spiro atoms. The Labute approximate surface area is 132 Å². The Morgan fingerprint density at radius 1 is 1.27 bits per heavy atom. The maximum atomic E-state index is 12.8. The smallest absolute Gasteiger partial charge is 0.224 e. The summed E-state index contributed by atoms with van der Waals surface area (Å²) in [6, 6.07) is 9.00. The number of fused-ring (bicyclic) bond motifs is 2. The van der Waals surface area contributed by atoms with E-state index in [0.29, 0.717) is 18.5 Å². The molecule has 0 saturated heterocycles. The Hall–Kier alpha value is -1.35. The van der Waals surface area contributed by atoms with Gasteiger partial charge in [-0.1, -0.05) is 37.1 Å². The molecule has 3 aliphatic carbocycles. The maximum Gasteiger partial charge on any atom is 0.224 e. The third kappa shape index (κ3) is 2.18. The summed E-state index contributed by atoms with van der Waals surface area (Å²) in [6.45, 7) is 0.698. The topological polar surface area (TPSA) is 55.1 Å². The largest absolute Gasteiger partial charge is 0.353 e. The number of hydrogen-bond donors (Lipinski definition) is 2. The molecule has 1 amide bonds. The van der Waals surface area contributed by atoms with Crippen LogP contribution in [-0.2, 0) is 16.6 Å². The van der Waals surface area contributed by atoms with Crippen molar-refractivity contribution in [3.8, 4) is 0 Å². The van der Waals surface area contributed by atoms with E-state index in [9.17, 15) is 4.79 Å². The van der Waals surface area contributed by atoms with Crippen molar-refractivity contribution in [2.75, 3.05) is 6.54 Å². The van der Waals surface area contributed by atoms with E-state index in [1.54, 1.807) is 0 Å². The second-order valence-corrected chi connectivity index (χ2v) is 7.47. The number of rotatable bonds is 3. The van der Waals surface area contributed by atoms with Gasteiger partial charge in [-0.3, -0.25) is 4.79 Å². The summed E-state index contributed by atoms with van der Waals surface area (Å²) in [6.07, 6.45) is 8.07. The fourth-order valence-corrected chi connectivity index (χ4v) is 4.90. The first kappa shape index (κ1) is 14.3. The standard InChI is InChI=1S/C19H26N2O/c20-12-14-6-2-4-8-17(14)21-18(22)16-11-19(16)10-9-13-5-1-3-7-15(13)19/h1,3,5,7,14,16-17H,2,4,6,8-12,20H2,(H,21,22). The van der Waals surface area contributed by atoms with E-state index in [2.05, 4.69) is 29.6 Å². The fourth-order valence-electron chi connectivity index (χ4n) is 4.90. The molecule has 118 valence electrons. The van der Waals surface area contributed by atoms with Crippen molar-refractivity contribution in [2.45, 2.75) is 56.4 Å². The third-order valence-electron chi connectivity index (χ3n) is 6.33. The fraction of sp³-hybridized carbons (Fsp3) is 0.632. The lowest BCUT2D eigenvalue weighted by molar-refractivity contribution is -0.124. The van der Waals surface area contributed by atoms with Gasteiger partial charge in [-0.15, -0.1) is 0 Å². The molecule has 3 nitrogen and oxygen atoms in total. The molecule has 0 radical (unpaired) electrons. The summed E-state index contributed by atoms with van der Waals surface area (Å²) >= 11 is 0. The molecule has 0 heterocycles. The van der Waals surface area contributed by atoms with Gasteiger partial charge in [0, 0.05) is 17.4 Å². The van der Waals surface area contributed by atoms with Gasteiger partial charge in [0.1, 0.15) is 0 Å². The van der Waals surface area contributed by atoms with Crippen molar-refractivity contribution in [3.05, 3.63) is 35.4 Å². The average molecular weight is 298 g/mol. The van der Waals surface area contributed by atoms with Gasteiger partial charge in [-0.05, 0) is 55.7 Å². The summed E-state index contributed by atoms with van der Waals surface area (Å²) in [5.41, 5.74) is 8.94. The van der Waals surface area contributed by atoms with Crippen molar-refractivity contribution in [1.29, 1.82) is 0 Å². The Kier molecular flexibility index (Phi) is 3.48. The molecule has 2 saturated carbocycles. The highest BCUT2D eigenvalue weighted by Gasteiger charge is 2.61. The van der Waals surface area contributed by atoms with Crippen LogP contribution in [0.3, 0.4) is 0 Å². The minimum absolute atomic E-state index is 0.160. The van der Waals surface area contributed by atoms with Crippen molar-refractivity contribution in [1.82, 2.24) is 5.32 Å². The molecule has 1 aromatic rings. The molecule has 3 aliphatic rings. The summed E-state index contributed by atoms with van der Waals surface area (Å²) in [7, 11) is 0. The van der Waals surface area contributed by atoms with E-state index < -0.39 is 0 Å². The number of benzene rings is 1. The van der Waals surface area contributed by atoms with Crippen LogP contribution < -0.4 is 11.1 Å². The van der Waals surface area contributed by atoms with Gasteiger partial charge in [-0.2, -0.15) is 0 Å². The highest BCUT2D eigenvalue weighted by Crippen LogP contribution is 2.61. The Balaban J connectivity index is 1.45. The number of hydrogen-bond acceptors (Lipinski definition) is 2. The van der Waals surface area contributed by atoms with Gasteiger partial charge >= 0.3 is 0 Å². The van der Waals surface area contributed by atoms with Crippen molar-refractivity contribution in [2.24, 2.45) is 17.6 Å². The molecule has 0 bridgehead atoms. The third-order valence-corrected chi connectivity index (χ3v) is 6.33. The number of amides is 1. The zero-order chi connectivity index (χ0) is 15.2. The average Bonchev–Trinajstić information content (AvgIpc) is 3.18. The zero-order valence-corrected chi connectivity index (χ0v) is 13.2. The van der Waals surface area contributed by atoms with E-state index in [0.717, 1.165) is 25.7 Å².